The van der Waals surface area contributed by atoms with Gasteiger partial charge in [-0.15, -0.1) is 45.3 Å². The number of thiophene rings is 4. The zero-order valence-electron chi connectivity index (χ0n) is 29.7. The minimum Gasteiger partial charge on any atom is -0.143 e. The fourth-order valence-corrected chi connectivity index (χ4v) is 10.2. The van der Waals surface area contributed by atoms with E-state index in [1.807, 2.05) is 28.7 Å². The van der Waals surface area contributed by atoms with Crippen LogP contribution in [0.3, 0.4) is 0 Å². The van der Waals surface area contributed by atoms with Gasteiger partial charge in [-0.05, 0) is 71.1 Å². The molecule has 0 saturated carbocycles. The summed E-state index contributed by atoms with van der Waals surface area (Å²) in [6.45, 7) is 4.58. The molecular formula is C40H58S4. The summed E-state index contributed by atoms with van der Waals surface area (Å²) in [5.41, 5.74) is 5.27. The number of unbranched alkanes of at least 4 members (excludes halogenated alkanes) is 18. The molecule has 0 N–H and O–H groups in total. The first kappa shape index (κ1) is 32.7. The van der Waals surface area contributed by atoms with Gasteiger partial charge in [0.2, 0.25) is 0 Å². The minimum absolute atomic E-state index is 0.594. The molecule has 0 nitrogen and oxygen atoms in total. The first-order chi connectivity index (χ1) is 22.6. The normalized spacial score (nSPS) is 12.2. The van der Waals surface area contributed by atoms with E-state index >= 15 is 0 Å². The van der Waals surface area contributed by atoms with E-state index in [0.717, 1.165) is 23.3 Å². The molecule has 0 aliphatic carbocycles. The molecule has 0 radical (unpaired) electrons. The molecule has 4 heterocycles. The van der Waals surface area contributed by atoms with Crippen LogP contribution in [0.15, 0.2) is 45.7 Å². The van der Waals surface area contributed by atoms with E-state index < -0.39 is 0 Å². The predicted octanol–water partition coefficient (Wildman–Crippen LogP) is 15.9. The molecule has 0 aliphatic heterocycles. The molecule has 0 spiro atoms. The van der Waals surface area contributed by atoms with Crippen LogP contribution in [0.5, 0.6) is 0 Å². The predicted molar refractivity (Wildman–Crippen MR) is 205 cm³/mol. The van der Waals surface area contributed by atoms with Crippen LogP contribution < -0.4 is 0 Å². The Morgan fingerprint density at radius 1 is 0.500 bits per heavy atom. The average Bonchev–Trinajstić information content (AvgIpc) is 3.86. The number of hydrogen-bond donors (Lipinski definition) is 0. The van der Waals surface area contributed by atoms with Gasteiger partial charge in [-0.1, -0.05) is 135 Å². The summed E-state index contributed by atoms with van der Waals surface area (Å²) < 4.78 is 17.5. The lowest BCUT2D eigenvalue weighted by Crippen LogP contribution is -1.90. The topological polar surface area (TPSA) is 0 Å². The molecule has 4 heteroatoms. The van der Waals surface area contributed by atoms with Gasteiger partial charge in [0.1, 0.15) is 0 Å². The Bertz CT molecular complexity index is 1370. The van der Waals surface area contributed by atoms with Gasteiger partial charge < -0.3 is 0 Å². The van der Waals surface area contributed by atoms with Crippen molar-refractivity contribution in [1.29, 1.82) is 0 Å². The highest BCUT2D eigenvalue weighted by Gasteiger charge is 2.22. The van der Waals surface area contributed by atoms with E-state index in [1.54, 1.807) is 22.7 Å². The molecule has 4 aromatic heterocycles. The first-order valence-corrected chi connectivity index (χ1v) is 21.4. The molecule has 242 valence electrons. The third-order valence-electron chi connectivity index (χ3n) is 8.97. The van der Waals surface area contributed by atoms with Crippen molar-refractivity contribution in [2.24, 2.45) is 0 Å². The number of hydrogen-bond acceptors (Lipinski definition) is 4. The highest BCUT2D eigenvalue weighted by Crippen LogP contribution is 2.50. The third-order valence-corrected chi connectivity index (χ3v) is 12.8. The van der Waals surface area contributed by atoms with Gasteiger partial charge in [0.25, 0.3) is 0 Å². The van der Waals surface area contributed by atoms with Crippen LogP contribution in [0.2, 0.25) is 0 Å². The maximum absolute atomic E-state index is 9.26. The zero-order chi connectivity index (χ0) is 32.4. The van der Waals surface area contributed by atoms with E-state index in [9.17, 15) is 1.37 Å². The fraction of sp³-hybridized carbons (Fsp3) is 0.600. The highest BCUT2D eigenvalue weighted by molar-refractivity contribution is 7.22. The Morgan fingerprint density at radius 3 is 1.48 bits per heavy atom. The maximum Gasteiger partial charge on any atom is 0.0747 e. The van der Waals surface area contributed by atoms with Crippen molar-refractivity contribution in [2.75, 3.05) is 0 Å². The van der Waals surface area contributed by atoms with Crippen molar-refractivity contribution in [2.45, 2.75) is 155 Å². The summed E-state index contributed by atoms with van der Waals surface area (Å²) >= 11 is 6.84. The zero-order valence-corrected chi connectivity index (χ0v) is 30.9. The van der Waals surface area contributed by atoms with Crippen LogP contribution in [0, 0.1) is 0 Å². The second-order valence-electron chi connectivity index (χ2n) is 12.6. The van der Waals surface area contributed by atoms with Gasteiger partial charge in [-0.2, -0.15) is 0 Å². The molecular weight excluding hydrogens is 609 g/mol. The van der Waals surface area contributed by atoms with Crippen molar-refractivity contribution in [3.8, 4) is 30.6 Å². The van der Waals surface area contributed by atoms with Crippen molar-refractivity contribution in [3.63, 3.8) is 0 Å². The van der Waals surface area contributed by atoms with E-state index in [1.165, 1.54) is 160 Å². The van der Waals surface area contributed by atoms with E-state index in [2.05, 4.69) is 42.8 Å². The standard InChI is InChI=1S/C40H58S4/c1-3-5-7-9-11-13-15-17-19-21-24-33-27-30-42-38(33)35-32-44-40(36-26-23-29-41-36)37(35)39-34(28-31-43-39)25-22-20-18-16-14-12-10-8-6-4-2/h23,26-32H,3-22,24-25H2,1-2H3/i29D,32D. The lowest BCUT2D eigenvalue weighted by Gasteiger charge is -2.10. The molecule has 0 bridgehead atoms. The summed E-state index contributed by atoms with van der Waals surface area (Å²) in [5, 5.41) is 5.78. The summed E-state index contributed by atoms with van der Waals surface area (Å²) in [7, 11) is 0. The molecule has 0 atom stereocenters. The van der Waals surface area contributed by atoms with Crippen molar-refractivity contribution in [1.82, 2.24) is 0 Å². The van der Waals surface area contributed by atoms with Crippen LogP contribution in [0.25, 0.3) is 30.6 Å². The average molecular weight is 669 g/mol. The Labute approximate surface area is 289 Å². The summed E-state index contributed by atoms with van der Waals surface area (Å²) in [6, 6.07) is 8.67. The van der Waals surface area contributed by atoms with E-state index in [-0.39, 0.29) is 0 Å². The summed E-state index contributed by atoms with van der Waals surface area (Å²) in [5.74, 6) is 0. The van der Waals surface area contributed by atoms with Crippen molar-refractivity contribution in [3.05, 3.63) is 56.9 Å². The molecule has 4 rings (SSSR count). The molecule has 0 aliphatic rings. The van der Waals surface area contributed by atoms with Gasteiger partial charge in [0.15, 0.2) is 0 Å². The third kappa shape index (κ3) is 11.6. The molecule has 0 saturated heterocycles. The van der Waals surface area contributed by atoms with Gasteiger partial charge in [-0.25, -0.2) is 0 Å². The van der Waals surface area contributed by atoms with Gasteiger partial charge in [-0.3, -0.25) is 0 Å². The van der Waals surface area contributed by atoms with Crippen LogP contribution >= 0.6 is 45.3 Å². The van der Waals surface area contributed by atoms with E-state index in [0.29, 0.717) is 10.7 Å². The molecule has 4 aromatic rings. The second kappa shape index (κ2) is 21.6. The molecule has 0 fully saturated rings. The van der Waals surface area contributed by atoms with Gasteiger partial charge in [0, 0.05) is 31.1 Å². The largest absolute Gasteiger partial charge is 0.143 e. The highest BCUT2D eigenvalue weighted by atomic mass is 32.1. The van der Waals surface area contributed by atoms with Crippen LogP contribution in [-0.4, -0.2) is 0 Å². The lowest BCUT2D eigenvalue weighted by molar-refractivity contribution is 0.556. The second-order valence-corrected chi connectivity index (χ2v) is 16.1. The number of rotatable bonds is 25. The first-order valence-electron chi connectivity index (χ1n) is 19.0. The Balaban J connectivity index is 1.41. The molecule has 44 heavy (non-hydrogen) atoms. The maximum atomic E-state index is 9.26. The summed E-state index contributed by atoms with van der Waals surface area (Å²) in [4.78, 5) is 4.98. The SMILES string of the molecule is [2H]c1ccc(-c2sc([2H])c(-c3sccc3CCCCCCCCCCCC)c2-c2sccc2CCCCCCCCCCCC)s1. The van der Waals surface area contributed by atoms with Gasteiger partial charge >= 0.3 is 0 Å². The monoisotopic (exact) mass is 668 g/mol. The quantitative estimate of drug-likeness (QED) is 0.0617. The minimum atomic E-state index is 0.594. The molecule has 0 aromatic carbocycles. The van der Waals surface area contributed by atoms with Crippen molar-refractivity contribution < 1.29 is 2.74 Å². The van der Waals surface area contributed by atoms with E-state index in [4.69, 9.17) is 1.37 Å². The van der Waals surface area contributed by atoms with Crippen LogP contribution in [0.4, 0.5) is 0 Å². The Hall–Kier alpha value is -1.20. The van der Waals surface area contributed by atoms with Crippen LogP contribution in [-0.2, 0) is 12.8 Å². The fourth-order valence-electron chi connectivity index (χ4n) is 6.34. The molecule has 0 unspecified atom stereocenters. The number of aryl methyl sites for hydroxylation is 2. The molecule has 0 amide bonds. The lowest BCUT2D eigenvalue weighted by atomic mass is 9.97. The summed E-state index contributed by atoms with van der Waals surface area (Å²) in [6.07, 6.45) is 29.4. The Morgan fingerprint density at radius 2 is 0.977 bits per heavy atom. The van der Waals surface area contributed by atoms with Gasteiger partial charge in [0.05, 0.1) is 7.62 Å². The Kier molecular flexibility index (Phi) is 16.0. The van der Waals surface area contributed by atoms with Crippen LogP contribution in [0.1, 0.15) is 156 Å². The smallest absolute Gasteiger partial charge is 0.0747 e. The van der Waals surface area contributed by atoms with Crippen molar-refractivity contribution >= 4 is 45.3 Å².